The van der Waals surface area contributed by atoms with Gasteiger partial charge in [-0.2, -0.15) is 0 Å². The molecule has 0 saturated heterocycles. The lowest BCUT2D eigenvalue weighted by molar-refractivity contribution is -0.130. The van der Waals surface area contributed by atoms with Crippen molar-refractivity contribution < 1.29 is 9.59 Å². The average molecular weight is 295 g/mol. The first-order valence-electron chi connectivity index (χ1n) is 7.76. The molecule has 22 heavy (non-hydrogen) atoms. The highest BCUT2D eigenvalue weighted by molar-refractivity contribution is 6.04. The number of rotatable bonds is 0. The third-order valence-corrected chi connectivity index (χ3v) is 6.02. The molecular formula is C19H21NO2. The molecule has 0 aromatic heterocycles. The Morgan fingerprint density at radius 3 is 2.55 bits per heavy atom. The summed E-state index contributed by atoms with van der Waals surface area (Å²) in [5.74, 6) is 0.0605. The van der Waals surface area contributed by atoms with Crippen LogP contribution in [0.15, 0.2) is 35.6 Å². The van der Waals surface area contributed by atoms with Crippen molar-refractivity contribution in [1.82, 2.24) is 0 Å². The SMILES string of the molecule is [C-]#[N+]C1=C[C@@]2(C)C3=CC(=O)C=C[C@@]3(C)CC[C@@H]2C(C)(C)C1=O. The molecule has 0 radical (unpaired) electrons. The minimum Gasteiger partial charge on any atom is -0.307 e. The second-order valence-corrected chi connectivity index (χ2v) is 7.78. The number of hydrogen-bond acceptors (Lipinski definition) is 2. The fraction of sp³-hybridized carbons (Fsp3) is 0.526. The van der Waals surface area contributed by atoms with Crippen molar-refractivity contribution in [3.8, 4) is 0 Å². The zero-order valence-corrected chi connectivity index (χ0v) is 13.6. The van der Waals surface area contributed by atoms with E-state index in [4.69, 9.17) is 6.57 Å². The van der Waals surface area contributed by atoms with Gasteiger partial charge in [0.1, 0.15) is 0 Å². The molecule has 1 fully saturated rings. The lowest BCUT2D eigenvalue weighted by Gasteiger charge is -2.57. The molecule has 3 aliphatic rings. The van der Waals surface area contributed by atoms with Gasteiger partial charge in [-0.1, -0.05) is 39.8 Å². The van der Waals surface area contributed by atoms with E-state index in [2.05, 4.69) is 18.7 Å². The van der Waals surface area contributed by atoms with Crippen LogP contribution in [-0.2, 0) is 9.59 Å². The smallest absolute Gasteiger partial charge is 0.226 e. The molecule has 0 aromatic carbocycles. The molecule has 0 unspecified atom stereocenters. The van der Waals surface area contributed by atoms with Crippen LogP contribution in [0.25, 0.3) is 4.85 Å². The standard InChI is InChI=1S/C19H21NO2/c1-17(2)14-7-9-18(3)8-6-12(21)10-15(18)19(14,4)11-13(20-5)16(17)22/h6,8,10-11,14H,7,9H2,1-4H3/t14-,18+,19-/m1/s1. The van der Waals surface area contributed by atoms with Gasteiger partial charge in [0.15, 0.2) is 11.6 Å². The second kappa shape index (κ2) is 4.29. The predicted octanol–water partition coefficient (Wildman–Crippen LogP) is 3.89. The molecule has 3 atom stereocenters. The highest BCUT2D eigenvalue weighted by atomic mass is 16.1. The van der Waals surface area contributed by atoms with Gasteiger partial charge in [0, 0.05) is 16.2 Å². The van der Waals surface area contributed by atoms with Gasteiger partial charge in [-0.25, -0.2) is 4.85 Å². The highest BCUT2D eigenvalue weighted by Gasteiger charge is 2.57. The molecule has 0 bridgehead atoms. The van der Waals surface area contributed by atoms with Crippen LogP contribution in [0.3, 0.4) is 0 Å². The lowest BCUT2D eigenvalue weighted by Crippen LogP contribution is -2.52. The molecule has 0 N–H and O–H groups in total. The van der Waals surface area contributed by atoms with E-state index in [1.54, 1.807) is 12.2 Å². The lowest BCUT2D eigenvalue weighted by atomic mass is 9.46. The van der Waals surface area contributed by atoms with Crippen molar-refractivity contribution in [3.63, 3.8) is 0 Å². The van der Waals surface area contributed by atoms with Crippen LogP contribution in [0.2, 0.25) is 0 Å². The van der Waals surface area contributed by atoms with Crippen LogP contribution < -0.4 is 0 Å². The topological polar surface area (TPSA) is 38.5 Å². The normalized spacial score (nSPS) is 39.3. The predicted molar refractivity (Wildman–Crippen MR) is 84.6 cm³/mol. The Kier molecular flexibility index (Phi) is 2.92. The van der Waals surface area contributed by atoms with Gasteiger partial charge in [-0.15, -0.1) is 0 Å². The third-order valence-electron chi connectivity index (χ3n) is 6.02. The number of hydrogen-bond donors (Lipinski definition) is 0. The fourth-order valence-corrected chi connectivity index (χ4v) is 4.84. The van der Waals surface area contributed by atoms with Gasteiger partial charge in [-0.05, 0) is 36.5 Å². The summed E-state index contributed by atoms with van der Waals surface area (Å²) in [4.78, 5) is 28.0. The van der Waals surface area contributed by atoms with Crippen molar-refractivity contribution in [2.45, 2.75) is 40.5 Å². The first-order chi connectivity index (χ1) is 10.1. The molecule has 1 saturated carbocycles. The van der Waals surface area contributed by atoms with Crippen molar-refractivity contribution >= 4 is 11.6 Å². The first-order valence-corrected chi connectivity index (χ1v) is 7.76. The monoisotopic (exact) mass is 295 g/mol. The van der Waals surface area contributed by atoms with E-state index >= 15 is 0 Å². The molecule has 114 valence electrons. The Bertz CT molecular complexity index is 716. The Hall–Kier alpha value is -1.95. The van der Waals surface area contributed by atoms with Crippen molar-refractivity contribution in [3.05, 3.63) is 47.0 Å². The second-order valence-electron chi connectivity index (χ2n) is 7.78. The number of carbonyl (C=O) groups excluding carboxylic acids is 2. The molecule has 3 aliphatic carbocycles. The summed E-state index contributed by atoms with van der Waals surface area (Å²) in [7, 11) is 0. The molecule has 0 aromatic rings. The molecule has 0 amide bonds. The number of ketones is 2. The molecule has 3 heteroatoms. The van der Waals surface area contributed by atoms with Gasteiger partial charge >= 0.3 is 0 Å². The number of nitrogens with zero attached hydrogens (tertiary/aromatic N) is 1. The van der Waals surface area contributed by atoms with Crippen LogP contribution >= 0.6 is 0 Å². The van der Waals surface area contributed by atoms with Crippen LogP contribution in [0.1, 0.15) is 40.5 Å². The van der Waals surface area contributed by atoms with Crippen molar-refractivity contribution in [2.75, 3.05) is 0 Å². The van der Waals surface area contributed by atoms with E-state index in [1.807, 2.05) is 26.0 Å². The molecular weight excluding hydrogens is 274 g/mol. The minimum absolute atomic E-state index is 0.00168. The van der Waals surface area contributed by atoms with Gasteiger partial charge in [0.25, 0.3) is 0 Å². The van der Waals surface area contributed by atoms with Crippen LogP contribution in [0, 0.1) is 28.7 Å². The zero-order valence-electron chi connectivity index (χ0n) is 13.6. The number of Topliss-reactive ketones (excluding diaryl/α,β-unsaturated/α-hetero) is 1. The third kappa shape index (κ3) is 1.73. The molecule has 3 nitrogen and oxygen atoms in total. The highest BCUT2D eigenvalue weighted by Crippen LogP contribution is 2.63. The molecule has 0 spiro atoms. The Balaban J connectivity index is 2.26. The van der Waals surface area contributed by atoms with Gasteiger partial charge in [0.2, 0.25) is 5.70 Å². The van der Waals surface area contributed by atoms with Gasteiger partial charge < -0.3 is 4.79 Å². The summed E-state index contributed by atoms with van der Waals surface area (Å²) >= 11 is 0. The summed E-state index contributed by atoms with van der Waals surface area (Å²) in [6, 6.07) is 0. The number of allylic oxidation sites excluding steroid dienone is 6. The summed E-state index contributed by atoms with van der Waals surface area (Å²) in [5.41, 5.74) is 0.140. The van der Waals surface area contributed by atoms with Gasteiger partial charge in [-0.3, -0.25) is 4.79 Å². The summed E-state index contributed by atoms with van der Waals surface area (Å²) in [6.07, 6.45) is 9.06. The maximum Gasteiger partial charge on any atom is 0.226 e. The summed E-state index contributed by atoms with van der Waals surface area (Å²) < 4.78 is 0. The van der Waals surface area contributed by atoms with Crippen molar-refractivity contribution in [2.24, 2.45) is 22.2 Å². The van der Waals surface area contributed by atoms with Crippen molar-refractivity contribution in [1.29, 1.82) is 0 Å². The fourth-order valence-electron chi connectivity index (χ4n) is 4.84. The van der Waals surface area contributed by atoms with Crippen LogP contribution in [0.5, 0.6) is 0 Å². The Morgan fingerprint density at radius 2 is 1.91 bits per heavy atom. The largest absolute Gasteiger partial charge is 0.307 e. The molecule has 0 heterocycles. The van der Waals surface area contributed by atoms with E-state index in [1.165, 1.54) is 0 Å². The maximum absolute atomic E-state index is 12.6. The van der Waals surface area contributed by atoms with E-state index in [0.717, 1.165) is 18.4 Å². The summed E-state index contributed by atoms with van der Waals surface area (Å²) in [6.45, 7) is 15.5. The van der Waals surface area contributed by atoms with Gasteiger partial charge in [0.05, 0.1) is 6.57 Å². The Labute approximate surface area is 131 Å². The first kappa shape index (κ1) is 15.0. The minimum atomic E-state index is -0.574. The average Bonchev–Trinajstić information content (AvgIpc) is 2.45. The Morgan fingerprint density at radius 1 is 1.23 bits per heavy atom. The molecule has 0 aliphatic heterocycles. The van der Waals surface area contributed by atoms with E-state index in [-0.39, 0.29) is 28.6 Å². The number of carbonyl (C=O) groups is 2. The van der Waals surface area contributed by atoms with Crippen LogP contribution in [-0.4, -0.2) is 11.6 Å². The maximum atomic E-state index is 12.6. The number of fused-ring (bicyclic) bond motifs is 3. The van der Waals surface area contributed by atoms with E-state index in [9.17, 15) is 9.59 Å². The molecule has 3 rings (SSSR count). The zero-order chi connectivity index (χ0) is 16.3. The van der Waals surface area contributed by atoms with E-state index < -0.39 is 10.8 Å². The van der Waals surface area contributed by atoms with Crippen LogP contribution in [0.4, 0.5) is 0 Å². The quantitative estimate of drug-likeness (QED) is 0.636. The summed E-state index contributed by atoms with van der Waals surface area (Å²) in [5, 5.41) is 0. The van der Waals surface area contributed by atoms with E-state index in [0.29, 0.717) is 0 Å².